The summed E-state index contributed by atoms with van der Waals surface area (Å²) in [5, 5.41) is 6.79. The van der Waals surface area contributed by atoms with Gasteiger partial charge in [-0.1, -0.05) is 19.8 Å². The fourth-order valence-electron chi connectivity index (χ4n) is 2.12. The number of rotatable bonds is 11. The van der Waals surface area contributed by atoms with Crippen molar-refractivity contribution in [3.05, 3.63) is 16.1 Å². The van der Waals surface area contributed by atoms with Gasteiger partial charge in [-0.15, -0.1) is 11.3 Å². The van der Waals surface area contributed by atoms with Gasteiger partial charge in [0.05, 0.1) is 10.7 Å². The molecule has 1 heterocycles. The van der Waals surface area contributed by atoms with Gasteiger partial charge in [0, 0.05) is 11.9 Å². The number of aryl methyl sites for hydroxylation is 1. The van der Waals surface area contributed by atoms with Crippen LogP contribution in [-0.2, 0) is 6.54 Å². The summed E-state index contributed by atoms with van der Waals surface area (Å²) >= 11 is 1.74. The molecule has 0 saturated carbocycles. The summed E-state index contributed by atoms with van der Waals surface area (Å²) in [4.78, 5) is 6.88. The van der Waals surface area contributed by atoms with Crippen LogP contribution < -0.4 is 5.32 Å². The van der Waals surface area contributed by atoms with Gasteiger partial charge >= 0.3 is 0 Å². The smallest absolute Gasteiger partial charge is 0.0897 e. The van der Waals surface area contributed by atoms with Gasteiger partial charge in [0.1, 0.15) is 0 Å². The van der Waals surface area contributed by atoms with Crippen molar-refractivity contribution < 1.29 is 0 Å². The van der Waals surface area contributed by atoms with E-state index in [2.05, 4.69) is 41.5 Å². The fraction of sp³-hybridized carbons (Fsp3) is 0.800. The third kappa shape index (κ3) is 8.35. The third-order valence-electron chi connectivity index (χ3n) is 3.17. The molecule has 0 fully saturated rings. The lowest BCUT2D eigenvalue weighted by atomic mass is 10.2. The quantitative estimate of drug-likeness (QED) is 0.631. The van der Waals surface area contributed by atoms with E-state index < -0.39 is 0 Å². The predicted octanol–water partition coefficient (Wildman–Crippen LogP) is 3.44. The molecule has 0 unspecified atom stereocenters. The van der Waals surface area contributed by atoms with Gasteiger partial charge in [-0.2, -0.15) is 0 Å². The number of aromatic nitrogens is 1. The molecule has 1 aromatic rings. The Labute approximate surface area is 122 Å². The predicted molar refractivity (Wildman–Crippen MR) is 84.8 cm³/mol. The standard InChI is InChI=1S/C15H29N3S/c1-4-9-16-10-7-5-6-8-11-18(3)12-15-13-19-14(2)17-15/h13,16H,4-12H2,1-3H3. The molecule has 1 rings (SSSR count). The molecule has 1 N–H and O–H groups in total. The summed E-state index contributed by atoms with van der Waals surface area (Å²) < 4.78 is 0. The van der Waals surface area contributed by atoms with E-state index in [9.17, 15) is 0 Å². The molecule has 1 aromatic heterocycles. The summed E-state index contributed by atoms with van der Waals surface area (Å²) in [5.74, 6) is 0. The maximum Gasteiger partial charge on any atom is 0.0897 e. The molecule has 0 bridgehead atoms. The van der Waals surface area contributed by atoms with Gasteiger partial charge in [0.15, 0.2) is 0 Å². The number of thiazole rings is 1. The fourth-order valence-corrected chi connectivity index (χ4v) is 2.73. The van der Waals surface area contributed by atoms with E-state index in [0.29, 0.717) is 0 Å². The van der Waals surface area contributed by atoms with E-state index >= 15 is 0 Å². The normalized spacial score (nSPS) is 11.4. The zero-order chi connectivity index (χ0) is 13.9. The van der Waals surface area contributed by atoms with E-state index in [1.54, 1.807) is 11.3 Å². The Morgan fingerprint density at radius 3 is 2.68 bits per heavy atom. The van der Waals surface area contributed by atoms with Crippen LogP contribution >= 0.6 is 11.3 Å². The van der Waals surface area contributed by atoms with E-state index in [1.807, 2.05) is 0 Å². The summed E-state index contributed by atoms with van der Waals surface area (Å²) in [7, 11) is 2.19. The molecule has 0 amide bonds. The average molecular weight is 283 g/mol. The van der Waals surface area contributed by atoms with Crippen LogP contribution in [-0.4, -0.2) is 36.6 Å². The lowest BCUT2D eigenvalue weighted by Gasteiger charge is -2.14. The molecule has 0 saturated heterocycles. The molecule has 19 heavy (non-hydrogen) atoms. The van der Waals surface area contributed by atoms with Crippen molar-refractivity contribution in [2.24, 2.45) is 0 Å². The molecule has 0 spiro atoms. The summed E-state index contributed by atoms with van der Waals surface area (Å²) in [6, 6.07) is 0. The lowest BCUT2D eigenvalue weighted by molar-refractivity contribution is 0.313. The van der Waals surface area contributed by atoms with Crippen LogP contribution in [0, 0.1) is 6.92 Å². The van der Waals surface area contributed by atoms with Crippen molar-refractivity contribution in [1.82, 2.24) is 15.2 Å². The Morgan fingerprint density at radius 2 is 2.00 bits per heavy atom. The topological polar surface area (TPSA) is 28.2 Å². The highest BCUT2D eigenvalue weighted by atomic mass is 32.1. The third-order valence-corrected chi connectivity index (χ3v) is 3.99. The first-order chi connectivity index (χ1) is 9.22. The Kier molecular flexibility index (Phi) is 9.05. The second-order valence-corrected chi connectivity index (χ2v) is 6.32. The molecular weight excluding hydrogens is 254 g/mol. The number of unbranched alkanes of at least 4 members (excludes halogenated alkanes) is 3. The van der Waals surface area contributed by atoms with Gasteiger partial charge in [-0.25, -0.2) is 4.98 Å². The highest BCUT2D eigenvalue weighted by Gasteiger charge is 2.03. The molecule has 0 aliphatic carbocycles. The van der Waals surface area contributed by atoms with Crippen LogP contribution in [0.3, 0.4) is 0 Å². The average Bonchev–Trinajstić information content (AvgIpc) is 2.78. The number of nitrogens with one attached hydrogen (secondary N) is 1. The SMILES string of the molecule is CCCNCCCCCCN(C)Cc1csc(C)n1. The summed E-state index contributed by atoms with van der Waals surface area (Å²) in [6.45, 7) is 8.80. The van der Waals surface area contributed by atoms with Crippen LogP contribution in [0.4, 0.5) is 0 Å². The maximum absolute atomic E-state index is 4.51. The second kappa shape index (κ2) is 10.4. The minimum absolute atomic E-state index is 0.988. The van der Waals surface area contributed by atoms with Gasteiger partial charge in [0.2, 0.25) is 0 Å². The maximum atomic E-state index is 4.51. The second-order valence-electron chi connectivity index (χ2n) is 5.26. The molecule has 0 aliphatic heterocycles. The van der Waals surface area contributed by atoms with E-state index in [4.69, 9.17) is 0 Å². The van der Waals surface area contributed by atoms with Gasteiger partial charge in [-0.3, -0.25) is 0 Å². The van der Waals surface area contributed by atoms with Crippen molar-refractivity contribution in [2.45, 2.75) is 52.5 Å². The van der Waals surface area contributed by atoms with Crippen LogP contribution in [0.2, 0.25) is 0 Å². The van der Waals surface area contributed by atoms with Crippen molar-refractivity contribution in [3.8, 4) is 0 Å². The zero-order valence-electron chi connectivity index (χ0n) is 12.7. The highest BCUT2D eigenvalue weighted by molar-refractivity contribution is 7.09. The summed E-state index contributed by atoms with van der Waals surface area (Å²) in [5.41, 5.74) is 1.22. The van der Waals surface area contributed by atoms with Gasteiger partial charge < -0.3 is 10.2 Å². The zero-order valence-corrected chi connectivity index (χ0v) is 13.6. The van der Waals surface area contributed by atoms with Crippen molar-refractivity contribution in [2.75, 3.05) is 26.7 Å². The Hall–Kier alpha value is -0.450. The molecule has 0 aliphatic rings. The van der Waals surface area contributed by atoms with E-state index in [1.165, 1.54) is 55.9 Å². The monoisotopic (exact) mass is 283 g/mol. The Balaban J connectivity index is 1.94. The van der Waals surface area contributed by atoms with Crippen LogP contribution in [0.1, 0.15) is 49.7 Å². The molecule has 3 nitrogen and oxygen atoms in total. The van der Waals surface area contributed by atoms with Crippen molar-refractivity contribution in [3.63, 3.8) is 0 Å². The van der Waals surface area contributed by atoms with E-state index in [0.717, 1.165) is 13.1 Å². The Bertz CT molecular complexity index is 325. The van der Waals surface area contributed by atoms with Gasteiger partial charge in [0.25, 0.3) is 0 Å². The van der Waals surface area contributed by atoms with Crippen LogP contribution in [0.5, 0.6) is 0 Å². The summed E-state index contributed by atoms with van der Waals surface area (Å²) in [6.07, 6.45) is 6.54. The van der Waals surface area contributed by atoms with Crippen LogP contribution in [0.25, 0.3) is 0 Å². The number of hydrogen-bond acceptors (Lipinski definition) is 4. The first-order valence-corrected chi connectivity index (χ1v) is 8.40. The molecule has 0 radical (unpaired) electrons. The number of nitrogens with zero attached hydrogens (tertiary/aromatic N) is 2. The Morgan fingerprint density at radius 1 is 1.21 bits per heavy atom. The van der Waals surface area contributed by atoms with Crippen molar-refractivity contribution >= 4 is 11.3 Å². The molecule has 0 atom stereocenters. The molecular formula is C15H29N3S. The molecule has 0 aromatic carbocycles. The largest absolute Gasteiger partial charge is 0.317 e. The minimum atomic E-state index is 0.988. The van der Waals surface area contributed by atoms with Crippen molar-refractivity contribution in [1.29, 1.82) is 0 Å². The molecule has 110 valence electrons. The first-order valence-electron chi connectivity index (χ1n) is 7.52. The first kappa shape index (κ1) is 16.6. The van der Waals surface area contributed by atoms with Crippen LogP contribution in [0.15, 0.2) is 5.38 Å². The number of hydrogen-bond donors (Lipinski definition) is 1. The molecule has 4 heteroatoms. The lowest BCUT2D eigenvalue weighted by Crippen LogP contribution is -2.19. The van der Waals surface area contributed by atoms with E-state index in [-0.39, 0.29) is 0 Å². The van der Waals surface area contributed by atoms with Gasteiger partial charge in [-0.05, 0) is 52.9 Å². The highest BCUT2D eigenvalue weighted by Crippen LogP contribution is 2.10. The minimum Gasteiger partial charge on any atom is -0.317 e.